The van der Waals surface area contributed by atoms with Crippen molar-refractivity contribution in [1.29, 1.82) is 0 Å². The van der Waals surface area contributed by atoms with E-state index in [0.717, 1.165) is 86.1 Å². The molecule has 0 aromatic heterocycles. The third-order valence-corrected chi connectivity index (χ3v) is 18.9. The largest absolute Gasteiger partial charge is 2.00 e. The molecule has 0 aliphatic carbocycles. The van der Waals surface area contributed by atoms with Crippen LogP contribution in [0, 0.1) is 0 Å². The van der Waals surface area contributed by atoms with Gasteiger partial charge in [-0.2, -0.15) is 0 Å². The van der Waals surface area contributed by atoms with E-state index in [4.69, 9.17) is 0 Å². The average Bonchev–Trinajstić information content (AvgIpc) is 3.60. The first-order chi connectivity index (χ1) is 39.0. The minimum atomic E-state index is -4.52. The van der Waals surface area contributed by atoms with Gasteiger partial charge in [0.25, 0.3) is 0 Å². The Labute approximate surface area is 529 Å². The molecule has 0 N–H and O–H groups in total. The SMILES string of the molecule is CCCCCCCCCCCCCc1ccc(S(=O)(=O)[O-])c2c(CCCCCCCCCCCCC)cccc12.CCCCCCCCCCCCCc1ccc(S(=O)(=O)[O-])c2c(CCCCCCCCCCCCC)cccc12.[Ca+2]. The van der Waals surface area contributed by atoms with Gasteiger partial charge in [0.15, 0.2) is 0 Å². The molecule has 0 atom stereocenters. The van der Waals surface area contributed by atoms with Crippen molar-refractivity contribution in [2.24, 2.45) is 0 Å². The topological polar surface area (TPSA) is 114 Å². The second-order valence-corrected chi connectivity index (χ2v) is 26.9. The third-order valence-electron chi connectivity index (χ3n) is 17.1. The van der Waals surface area contributed by atoms with Gasteiger partial charge in [-0.25, -0.2) is 16.8 Å². The summed E-state index contributed by atoms with van der Waals surface area (Å²) in [6, 6.07) is 19.1. The van der Waals surface area contributed by atoms with Gasteiger partial charge >= 0.3 is 37.7 Å². The van der Waals surface area contributed by atoms with Crippen LogP contribution in [0.25, 0.3) is 21.5 Å². The van der Waals surface area contributed by atoms with Crippen molar-refractivity contribution in [1.82, 2.24) is 0 Å². The number of rotatable bonds is 50. The van der Waals surface area contributed by atoms with Gasteiger partial charge in [-0.15, -0.1) is 0 Å². The van der Waals surface area contributed by atoms with Crippen molar-refractivity contribution in [2.75, 3.05) is 0 Å². The average molecular weight is 1180 g/mol. The summed E-state index contributed by atoms with van der Waals surface area (Å²) in [5.41, 5.74) is 4.39. The van der Waals surface area contributed by atoms with Gasteiger partial charge in [0.1, 0.15) is 20.2 Å². The van der Waals surface area contributed by atoms with Gasteiger partial charge in [-0.1, -0.05) is 333 Å². The van der Waals surface area contributed by atoms with Crippen molar-refractivity contribution in [3.63, 3.8) is 0 Å². The molecule has 81 heavy (non-hydrogen) atoms. The number of aryl methyl sites for hydroxylation is 4. The van der Waals surface area contributed by atoms with Gasteiger partial charge in [0.2, 0.25) is 0 Å². The van der Waals surface area contributed by atoms with Gasteiger partial charge in [0, 0.05) is 10.8 Å². The van der Waals surface area contributed by atoms with Crippen LogP contribution in [-0.2, 0) is 45.9 Å². The number of hydrogen-bond acceptors (Lipinski definition) is 6. The maximum Gasteiger partial charge on any atom is 2.00 e. The molecule has 0 fully saturated rings. The van der Waals surface area contributed by atoms with Crippen LogP contribution in [0.1, 0.15) is 332 Å². The molecule has 0 saturated heterocycles. The summed E-state index contributed by atoms with van der Waals surface area (Å²) in [6.07, 6.45) is 60.7. The van der Waals surface area contributed by atoms with E-state index in [1.165, 1.54) is 255 Å². The fraction of sp³-hybridized carbons (Fsp3) is 0.722. The molecular formula is C72H118CaO6S2. The quantitative estimate of drug-likeness (QED) is 0.0247. The predicted molar refractivity (Wildman–Crippen MR) is 350 cm³/mol. The van der Waals surface area contributed by atoms with E-state index in [1.54, 1.807) is 12.1 Å². The standard InChI is InChI=1S/2C36H60O3S.Ca/c2*1-3-5-7-9-11-13-15-17-19-21-23-26-32-30-31-35(40(37,38)39)36-33(28-25-29-34(32)36)27-24-22-20-18-16-14-12-10-8-6-4-2;/h2*25,28-31H,3-24,26-27H2,1-2H3,(H,37,38,39);/q;;+2/p-2. The molecule has 456 valence electrons. The number of fused-ring (bicyclic) bond motifs is 2. The second-order valence-electron chi connectivity index (χ2n) is 24.2. The molecule has 0 amide bonds. The zero-order chi connectivity index (χ0) is 57.8. The minimum Gasteiger partial charge on any atom is -0.744 e. The molecule has 0 aliphatic heterocycles. The molecule has 0 aliphatic rings. The molecule has 0 unspecified atom stereocenters. The predicted octanol–water partition coefficient (Wildman–Crippen LogP) is 22.5. The third kappa shape index (κ3) is 33.8. The van der Waals surface area contributed by atoms with Crippen LogP contribution < -0.4 is 0 Å². The molecule has 6 nitrogen and oxygen atoms in total. The zero-order valence-corrected chi connectivity index (χ0v) is 56.5. The first kappa shape index (κ1) is 75.6. The molecule has 0 spiro atoms. The second kappa shape index (κ2) is 48.6. The summed E-state index contributed by atoms with van der Waals surface area (Å²) in [4.78, 5) is -0.0762. The smallest absolute Gasteiger partial charge is 0.744 e. The molecule has 0 bridgehead atoms. The van der Waals surface area contributed by atoms with E-state index < -0.39 is 20.2 Å². The van der Waals surface area contributed by atoms with Crippen molar-refractivity contribution in [3.8, 4) is 0 Å². The van der Waals surface area contributed by atoms with Crippen molar-refractivity contribution < 1.29 is 25.9 Å². The summed E-state index contributed by atoms with van der Waals surface area (Å²) in [7, 11) is -9.04. The van der Waals surface area contributed by atoms with E-state index in [2.05, 4.69) is 27.7 Å². The van der Waals surface area contributed by atoms with Crippen LogP contribution in [0.15, 0.2) is 70.5 Å². The Bertz CT molecular complexity index is 2230. The first-order valence-electron chi connectivity index (χ1n) is 34.0. The van der Waals surface area contributed by atoms with Gasteiger partial charge < -0.3 is 9.11 Å². The zero-order valence-electron chi connectivity index (χ0n) is 52.7. The molecule has 0 saturated carbocycles. The van der Waals surface area contributed by atoms with E-state index in [9.17, 15) is 25.9 Å². The fourth-order valence-electron chi connectivity index (χ4n) is 12.2. The van der Waals surface area contributed by atoms with Gasteiger partial charge in [-0.05, 0) is 96.5 Å². The monoisotopic (exact) mass is 1180 g/mol. The molecular weight excluding hydrogens is 1060 g/mol. The van der Waals surface area contributed by atoms with Crippen LogP contribution in [0.2, 0.25) is 0 Å². The van der Waals surface area contributed by atoms with E-state index in [0.29, 0.717) is 10.8 Å². The molecule has 0 heterocycles. The van der Waals surface area contributed by atoms with Crippen LogP contribution >= 0.6 is 0 Å². The van der Waals surface area contributed by atoms with E-state index in [1.807, 2.05) is 48.5 Å². The fourth-order valence-corrected chi connectivity index (χ4v) is 13.7. The Morgan fingerprint density at radius 2 is 0.457 bits per heavy atom. The maximum atomic E-state index is 12.2. The summed E-state index contributed by atoms with van der Waals surface area (Å²) < 4.78 is 73.0. The van der Waals surface area contributed by atoms with Crippen molar-refractivity contribution in [3.05, 3.63) is 82.9 Å². The molecule has 0 radical (unpaired) electrons. The Balaban J connectivity index is 0.000000547. The molecule has 4 aromatic rings. The Morgan fingerprint density at radius 1 is 0.259 bits per heavy atom. The summed E-state index contributed by atoms with van der Waals surface area (Å²) in [5, 5.41) is 3.30. The van der Waals surface area contributed by atoms with Crippen LogP contribution in [0.3, 0.4) is 0 Å². The van der Waals surface area contributed by atoms with Crippen molar-refractivity contribution in [2.45, 2.75) is 346 Å². The van der Waals surface area contributed by atoms with Crippen molar-refractivity contribution >= 4 is 79.5 Å². The van der Waals surface area contributed by atoms with Crippen LogP contribution in [0.5, 0.6) is 0 Å². The van der Waals surface area contributed by atoms with E-state index in [-0.39, 0.29) is 47.5 Å². The van der Waals surface area contributed by atoms with E-state index >= 15 is 0 Å². The summed E-state index contributed by atoms with van der Waals surface area (Å²) in [5.74, 6) is 0. The Kier molecular flexibility index (Phi) is 45.3. The summed E-state index contributed by atoms with van der Waals surface area (Å²) >= 11 is 0. The molecule has 4 rings (SSSR count). The maximum absolute atomic E-state index is 12.2. The summed E-state index contributed by atoms with van der Waals surface area (Å²) in [6.45, 7) is 9.05. The number of hydrogen-bond donors (Lipinski definition) is 0. The van der Waals surface area contributed by atoms with Gasteiger partial charge in [-0.3, -0.25) is 0 Å². The van der Waals surface area contributed by atoms with Gasteiger partial charge in [0.05, 0.1) is 9.79 Å². The normalized spacial score (nSPS) is 11.8. The number of benzene rings is 4. The minimum absolute atomic E-state index is 0. The van der Waals surface area contributed by atoms with Crippen LogP contribution in [0.4, 0.5) is 0 Å². The Hall–Kier alpha value is -1.52. The van der Waals surface area contributed by atoms with Crippen LogP contribution in [-0.4, -0.2) is 63.7 Å². The Morgan fingerprint density at radius 3 is 0.667 bits per heavy atom. The first-order valence-corrected chi connectivity index (χ1v) is 36.8. The molecule has 4 aromatic carbocycles. The number of unbranched alkanes of at least 4 members (excludes halogenated alkanes) is 40. The molecule has 9 heteroatoms.